The summed E-state index contributed by atoms with van der Waals surface area (Å²) < 4.78 is 23.9. The van der Waals surface area contributed by atoms with Gasteiger partial charge in [-0.3, -0.25) is 0 Å². The molecule has 1 N–H and O–H groups in total. The average molecular weight is 218 g/mol. The van der Waals surface area contributed by atoms with E-state index in [1.54, 1.807) is 5.38 Å². The van der Waals surface area contributed by atoms with Crippen molar-refractivity contribution in [1.29, 1.82) is 0 Å². The van der Waals surface area contributed by atoms with Crippen molar-refractivity contribution < 1.29 is 8.42 Å². The molecule has 1 unspecified atom stereocenters. The lowest BCUT2D eigenvalue weighted by atomic mass is 10.4. The van der Waals surface area contributed by atoms with Crippen molar-refractivity contribution in [2.24, 2.45) is 0 Å². The summed E-state index contributed by atoms with van der Waals surface area (Å²) in [4.78, 5) is 3.84. The molecule has 6 heteroatoms. The van der Waals surface area contributed by atoms with Crippen LogP contribution in [-0.4, -0.2) is 31.7 Å². The maximum Gasteiger partial charge on any atom is 0.209 e. The van der Waals surface area contributed by atoms with Crippen LogP contribution in [0.25, 0.3) is 0 Å². The number of nitrogens with zero attached hydrogens (tertiary/aromatic N) is 1. The van der Waals surface area contributed by atoms with Gasteiger partial charge >= 0.3 is 0 Å². The Labute approximate surface area is 80.9 Å². The molecule has 0 radical (unpaired) electrons. The Kier molecular flexibility index (Phi) is 2.35. The molecule has 1 saturated heterocycles. The minimum atomic E-state index is -3.15. The van der Waals surface area contributed by atoms with Gasteiger partial charge in [0.25, 0.3) is 0 Å². The highest BCUT2D eigenvalue weighted by Crippen LogP contribution is 2.21. The van der Waals surface area contributed by atoms with Gasteiger partial charge in [0.1, 0.15) is 0 Å². The topological polar surface area (TPSA) is 59.1 Å². The zero-order valence-corrected chi connectivity index (χ0v) is 8.57. The van der Waals surface area contributed by atoms with Gasteiger partial charge in [0.05, 0.1) is 5.25 Å². The van der Waals surface area contributed by atoms with Gasteiger partial charge in [-0.15, -0.1) is 11.3 Å². The molecule has 1 aromatic rings. The Bertz CT molecular complexity index is 365. The highest BCUT2D eigenvalue weighted by molar-refractivity contribution is 7.93. The molecule has 1 atom stereocenters. The van der Waals surface area contributed by atoms with Crippen LogP contribution in [0.2, 0.25) is 0 Å². The van der Waals surface area contributed by atoms with Gasteiger partial charge in [-0.25, -0.2) is 13.4 Å². The first kappa shape index (κ1) is 9.11. The van der Waals surface area contributed by atoms with Gasteiger partial charge in [-0.1, -0.05) is 0 Å². The molecule has 0 saturated carbocycles. The van der Waals surface area contributed by atoms with Gasteiger partial charge in [0.15, 0.2) is 0 Å². The SMILES string of the molecule is O=S(=O)(c1nccs1)C1CCNC1. The normalized spacial score (nSPS) is 23.5. The number of hydrogen-bond donors (Lipinski definition) is 1. The minimum Gasteiger partial charge on any atom is -0.315 e. The minimum absolute atomic E-state index is 0.251. The van der Waals surface area contributed by atoms with Crippen molar-refractivity contribution in [2.45, 2.75) is 16.0 Å². The van der Waals surface area contributed by atoms with Gasteiger partial charge in [0, 0.05) is 18.1 Å². The van der Waals surface area contributed by atoms with Gasteiger partial charge in [0.2, 0.25) is 14.2 Å². The molecule has 0 aromatic carbocycles. The second kappa shape index (κ2) is 3.36. The van der Waals surface area contributed by atoms with E-state index >= 15 is 0 Å². The monoisotopic (exact) mass is 218 g/mol. The second-order valence-corrected chi connectivity index (χ2v) is 6.25. The molecule has 0 spiro atoms. The Balaban J connectivity index is 2.30. The predicted molar refractivity (Wildman–Crippen MR) is 50.6 cm³/mol. The summed E-state index contributed by atoms with van der Waals surface area (Å²) in [5.74, 6) is 0. The number of aromatic nitrogens is 1. The summed E-state index contributed by atoms with van der Waals surface area (Å²) in [5, 5.41) is 4.45. The van der Waals surface area contributed by atoms with Gasteiger partial charge < -0.3 is 5.32 Å². The number of rotatable bonds is 2. The molecular weight excluding hydrogens is 208 g/mol. The third-order valence-electron chi connectivity index (χ3n) is 2.11. The second-order valence-electron chi connectivity index (χ2n) is 2.96. The lowest BCUT2D eigenvalue weighted by Gasteiger charge is -2.06. The van der Waals surface area contributed by atoms with Crippen LogP contribution >= 0.6 is 11.3 Å². The van der Waals surface area contributed by atoms with E-state index < -0.39 is 9.84 Å². The maximum absolute atomic E-state index is 11.8. The first-order chi connectivity index (χ1) is 6.21. The molecule has 1 fully saturated rings. The predicted octanol–water partition coefficient (Wildman–Crippen LogP) is 0.279. The average Bonchev–Trinajstić information content (AvgIpc) is 2.78. The number of hydrogen-bond acceptors (Lipinski definition) is 5. The molecule has 0 bridgehead atoms. The number of nitrogens with one attached hydrogen (secondary N) is 1. The zero-order chi connectivity index (χ0) is 9.31. The van der Waals surface area contributed by atoms with E-state index in [4.69, 9.17) is 0 Å². The van der Waals surface area contributed by atoms with Crippen molar-refractivity contribution in [3.63, 3.8) is 0 Å². The number of sulfone groups is 1. The van der Waals surface area contributed by atoms with Crippen molar-refractivity contribution in [2.75, 3.05) is 13.1 Å². The van der Waals surface area contributed by atoms with E-state index in [0.29, 0.717) is 13.0 Å². The van der Waals surface area contributed by atoms with E-state index in [1.807, 2.05) is 0 Å². The molecule has 1 aliphatic rings. The molecular formula is C7H10N2O2S2. The van der Waals surface area contributed by atoms with Crippen LogP contribution < -0.4 is 5.32 Å². The molecule has 0 aliphatic carbocycles. The largest absolute Gasteiger partial charge is 0.315 e. The summed E-state index contributed by atoms with van der Waals surface area (Å²) in [6.45, 7) is 1.34. The van der Waals surface area contributed by atoms with Crippen LogP contribution in [0.5, 0.6) is 0 Å². The Morgan fingerprint density at radius 3 is 3.00 bits per heavy atom. The quantitative estimate of drug-likeness (QED) is 0.774. The van der Waals surface area contributed by atoms with Crippen molar-refractivity contribution in [3.8, 4) is 0 Å². The molecule has 1 aromatic heterocycles. The van der Waals surface area contributed by atoms with E-state index in [0.717, 1.165) is 6.54 Å². The van der Waals surface area contributed by atoms with Crippen LogP contribution in [0.4, 0.5) is 0 Å². The standard InChI is InChI=1S/C7H10N2O2S2/c10-13(11,6-1-2-8-5-6)7-9-3-4-12-7/h3-4,6,8H,1-2,5H2. The fourth-order valence-electron chi connectivity index (χ4n) is 1.39. The molecule has 0 amide bonds. The van der Waals surface area contributed by atoms with Crippen molar-refractivity contribution >= 4 is 21.2 Å². The molecule has 2 heterocycles. The fraction of sp³-hybridized carbons (Fsp3) is 0.571. The van der Waals surface area contributed by atoms with Crippen LogP contribution in [0.3, 0.4) is 0 Å². The first-order valence-corrected chi connectivity index (χ1v) is 6.48. The molecule has 72 valence electrons. The summed E-state index contributed by atoms with van der Waals surface area (Å²) in [6.07, 6.45) is 2.22. The van der Waals surface area contributed by atoms with E-state index in [1.165, 1.54) is 17.5 Å². The highest BCUT2D eigenvalue weighted by Gasteiger charge is 2.31. The smallest absolute Gasteiger partial charge is 0.209 e. The van der Waals surface area contributed by atoms with Crippen LogP contribution in [-0.2, 0) is 9.84 Å². The fourth-order valence-corrected chi connectivity index (χ4v) is 4.12. The lowest BCUT2D eigenvalue weighted by molar-refractivity contribution is 0.582. The third kappa shape index (κ3) is 1.61. The lowest BCUT2D eigenvalue weighted by Crippen LogP contribution is -2.23. The number of thiazole rings is 1. The first-order valence-electron chi connectivity index (χ1n) is 4.05. The summed E-state index contributed by atoms with van der Waals surface area (Å²) in [6, 6.07) is 0. The van der Waals surface area contributed by atoms with Crippen LogP contribution in [0, 0.1) is 0 Å². The molecule has 4 nitrogen and oxygen atoms in total. The summed E-state index contributed by atoms with van der Waals surface area (Å²) >= 11 is 1.19. The van der Waals surface area contributed by atoms with Gasteiger partial charge in [-0.2, -0.15) is 0 Å². The van der Waals surface area contributed by atoms with Crippen LogP contribution in [0.15, 0.2) is 15.9 Å². The molecule has 2 rings (SSSR count). The van der Waals surface area contributed by atoms with E-state index in [-0.39, 0.29) is 9.59 Å². The van der Waals surface area contributed by atoms with Crippen LogP contribution in [0.1, 0.15) is 6.42 Å². The Hall–Kier alpha value is -0.460. The third-order valence-corrected chi connectivity index (χ3v) is 5.53. The maximum atomic E-state index is 11.8. The summed E-state index contributed by atoms with van der Waals surface area (Å²) in [5.41, 5.74) is 0. The molecule has 1 aliphatic heterocycles. The van der Waals surface area contributed by atoms with E-state index in [2.05, 4.69) is 10.3 Å². The van der Waals surface area contributed by atoms with E-state index in [9.17, 15) is 8.42 Å². The zero-order valence-electron chi connectivity index (χ0n) is 6.93. The van der Waals surface area contributed by atoms with Crippen molar-refractivity contribution in [3.05, 3.63) is 11.6 Å². The Morgan fingerprint density at radius 2 is 2.46 bits per heavy atom. The molecule has 13 heavy (non-hydrogen) atoms. The van der Waals surface area contributed by atoms with Crippen molar-refractivity contribution in [1.82, 2.24) is 10.3 Å². The Morgan fingerprint density at radius 1 is 1.62 bits per heavy atom. The highest BCUT2D eigenvalue weighted by atomic mass is 32.2. The summed E-state index contributed by atoms with van der Waals surface area (Å²) in [7, 11) is -3.15. The van der Waals surface area contributed by atoms with Gasteiger partial charge in [-0.05, 0) is 13.0 Å².